The highest BCUT2D eigenvalue weighted by atomic mass is 32.1. The Bertz CT molecular complexity index is 1680. The minimum absolute atomic E-state index is 0.0570. The number of carbonyl (C=O) groups is 1. The van der Waals surface area contributed by atoms with Gasteiger partial charge in [0.05, 0.1) is 12.7 Å². The van der Waals surface area contributed by atoms with Crippen molar-refractivity contribution in [3.05, 3.63) is 63.7 Å². The van der Waals surface area contributed by atoms with Crippen LogP contribution >= 0.6 is 11.3 Å². The molecule has 52 heavy (non-hydrogen) atoms. The summed E-state index contributed by atoms with van der Waals surface area (Å²) in [6, 6.07) is 5.05. The van der Waals surface area contributed by atoms with E-state index in [2.05, 4.69) is 20.0 Å². The van der Waals surface area contributed by atoms with Gasteiger partial charge in [-0.15, -0.1) is 11.3 Å². The van der Waals surface area contributed by atoms with E-state index in [1.807, 2.05) is 0 Å². The zero-order valence-electron chi connectivity index (χ0n) is 26.6. The van der Waals surface area contributed by atoms with Gasteiger partial charge in [0.25, 0.3) is 0 Å². The van der Waals surface area contributed by atoms with Crippen LogP contribution in [-0.4, -0.2) is 98.6 Å². The van der Waals surface area contributed by atoms with E-state index in [9.17, 15) is 60.3 Å². The molecule has 1 aromatic carbocycles. The number of nitrogens with one attached hydrogen (secondary N) is 1. The normalized spacial score (nSPS) is 23.3. The Balaban J connectivity index is 1.48. The van der Waals surface area contributed by atoms with Gasteiger partial charge in [0, 0.05) is 36.2 Å². The minimum Gasteiger partial charge on any atom is -0.487 e. The SMILES string of the molecule is CC(=O)N[C@H]1[C@H](Oc2ccc(CC(c3ccc(OC(F)F)c(OC4CC4)c3)c3cnc(C(O)(C(F)(F)F)C(F)(F)F)s3)cn2)O[C@H](CO)[C@@H](O)[C@@H]1O. The summed E-state index contributed by atoms with van der Waals surface area (Å²) in [5.74, 6) is -2.38. The van der Waals surface area contributed by atoms with Crippen LogP contribution in [0.15, 0.2) is 42.7 Å². The number of hydrogen-bond acceptors (Lipinski definition) is 12. The number of amides is 1. The number of alkyl halides is 8. The van der Waals surface area contributed by atoms with Gasteiger partial charge in [-0.25, -0.2) is 9.97 Å². The molecular weight excluding hydrogens is 742 g/mol. The summed E-state index contributed by atoms with van der Waals surface area (Å²) in [6.45, 7) is -2.82. The van der Waals surface area contributed by atoms with Crippen LogP contribution in [0.1, 0.15) is 46.7 Å². The van der Waals surface area contributed by atoms with Gasteiger partial charge in [-0.1, -0.05) is 12.1 Å². The molecule has 5 rings (SSSR count). The summed E-state index contributed by atoms with van der Waals surface area (Å²) in [5, 5.41) is 40.9. The van der Waals surface area contributed by atoms with Gasteiger partial charge in [-0.2, -0.15) is 35.1 Å². The topological polar surface area (TPSA) is 173 Å². The average molecular weight is 774 g/mol. The van der Waals surface area contributed by atoms with E-state index in [4.69, 9.17) is 14.2 Å². The molecule has 1 saturated carbocycles. The fourth-order valence-electron chi connectivity index (χ4n) is 5.32. The third-order valence-electron chi connectivity index (χ3n) is 8.13. The quantitative estimate of drug-likeness (QED) is 0.161. The van der Waals surface area contributed by atoms with E-state index < -0.39 is 78.6 Å². The molecule has 3 heterocycles. The van der Waals surface area contributed by atoms with Crippen LogP contribution in [-0.2, 0) is 21.6 Å². The summed E-state index contributed by atoms with van der Waals surface area (Å²) >= 11 is -0.0570. The second-order valence-electron chi connectivity index (χ2n) is 12.0. The van der Waals surface area contributed by atoms with Crippen molar-refractivity contribution in [3.63, 3.8) is 0 Å². The first-order valence-corrected chi connectivity index (χ1v) is 16.2. The van der Waals surface area contributed by atoms with Crippen LogP contribution in [0, 0.1) is 0 Å². The molecule has 1 aliphatic heterocycles. The number of hydrogen-bond donors (Lipinski definition) is 5. The Kier molecular flexibility index (Phi) is 11.5. The zero-order valence-corrected chi connectivity index (χ0v) is 27.5. The van der Waals surface area contributed by atoms with Crippen LogP contribution in [0.3, 0.4) is 0 Å². The predicted octanol–water partition coefficient (Wildman–Crippen LogP) is 3.69. The fraction of sp³-hybridized carbons (Fsp3) is 0.516. The van der Waals surface area contributed by atoms with E-state index in [-0.39, 0.29) is 51.7 Å². The fourth-order valence-corrected chi connectivity index (χ4v) is 6.50. The van der Waals surface area contributed by atoms with Crippen molar-refractivity contribution in [2.75, 3.05) is 6.61 Å². The summed E-state index contributed by atoms with van der Waals surface area (Å²) in [6.07, 6.45) is -15.7. The summed E-state index contributed by atoms with van der Waals surface area (Å²) in [5.41, 5.74) is -4.79. The summed E-state index contributed by atoms with van der Waals surface area (Å²) < 4.78 is 130. The lowest BCUT2D eigenvalue weighted by Crippen LogP contribution is -2.65. The first kappa shape index (κ1) is 39.3. The Morgan fingerprint density at radius 2 is 1.69 bits per heavy atom. The lowest BCUT2D eigenvalue weighted by molar-refractivity contribution is -0.376. The van der Waals surface area contributed by atoms with Crippen molar-refractivity contribution >= 4 is 17.2 Å². The van der Waals surface area contributed by atoms with E-state index in [0.717, 1.165) is 19.2 Å². The second kappa shape index (κ2) is 15.2. The van der Waals surface area contributed by atoms with Crippen molar-refractivity contribution in [3.8, 4) is 17.4 Å². The molecule has 0 radical (unpaired) electrons. The number of halogens is 8. The number of thiazole rings is 1. The number of pyridine rings is 1. The molecule has 2 aromatic heterocycles. The molecule has 0 spiro atoms. The highest BCUT2D eigenvalue weighted by Gasteiger charge is 2.73. The molecule has 286 valence electrons. The summed E-state index contributed by atoms with van der Waals surface area (Å²) in [4.78, 5) is 19.0. The molecule has 2 aliphatic rings. The smallest absolute Gasteiger partial charge is 0.433 e. The third-order valence-corrected chi connectivity index (χ3v) is 9.35. The zero-order chi connectivity index (χ0) is 38.2. The number of aliphatic hydroxyl groups excluding tert-OH is 3. The maximum absolute atomic E-state index is 13.7. The molecule has 12 nitrogen and oxygen atoms in total. The first-order valence-electron chi connectivity index (χ1n) is 15.4. The monoisotopic (exact) mass is 773 g/mol. The first-order chi connectivity index (χ1) is 24.3. The lowest BCUT2D eigenvalue weighted by Gasteiger charge is -2.41. The average Bonchev–Trinajstić information content (AvgIpc) is 3.74. The van der Waals surface area contributed by atoms with E-state index in [1.165, 1.54) is 30.5 Å². The van der Waals surface area contributed by atoms with E-state index >= 15 is 0 Å². The van der Waals surface area contributed by atoms with Gasteiger partial charge in [-0.3, -0.25) is 4.79 Å². The molecule has 3 aromatic rings. The number of carbonyl (C=O) groups excluding carboxylic acids is 1. The van der Waals surface area contributed by atoms with Gasteiger partial charge in [0.1, 0.15) is 29.4 Å². The molecule has 0 bridgehead atoms. The van der Waals surface area contributed by atoms with Gasteiger partial charge in [0.2, 0.25) is 18.1 Å². The number of nitrogens with zero attached hydrogens (tertiary/aromatic N) is 2. The van der Waals surface area contributed by atoms with Crippen molar-refractivity contribution in [2.45, 2.75) is 93.4 Å². The van der Waals surface area contributed by atoms with Crippen LogP contribution in [0.4, 0.5) is 35.1 Å². The number of aromatic nitrogens is 2. The van der Waals surface area contributed by atoms with Gasteiger partial charge < -0.3 is 44.7 Å². The van der Waals surface area contributed by atoms with Gasteiger partial charge >= 0.3 is 24.6 Å². The number of ether oxygens (including phenoxy) is 4. The molecule has 1 aliphatic carbocycles. The Morgan fingerprint density at radius 3 is 2.25 bits per heavy atom. The number of aliphatic hydroxyl groups is 4. The number of benzene rings is 1. The molecule has 1 saturated heterocycles. The largest absolute Gasteiger partial charge is 0.487 e. The molecule has 1 unspecified atom stereocenters. The highest BCUT2D eigenvalue weighted by Crippen LogP contribution is 2.52. The highest BCUT2D eigenvalue weighted by molar-refractivity contribution is 7.11. The van der Waals surface area contributed by atoms with Crippen molar-refractivity contribution in [2.24, 2.45) is 0 Å². The molecule has 2 fully saturated rings. The Labute approximate surface area is 292 Å². The summed E-state index contributed by atoms with van der Waals surface area (Å²) in [7, 11) is 0. The molecule has 6 atom stereocenters. The Hall–Kier alpha value is -3.89. The van der Waals surface area contributed by atoms with Crippen LogP contribution in [0.5, 0.6) is 17.4 Å². The van der Waals surface area contributed by atoms with Crippen LogP contribution < -0.4 is 19.5 Å². The standard InChI is InChI=1S/C31H31F8N3O9S/c1-13(44)42-23-25(46)24(45)20(12-43)49-26(23)51-22-7-2-14(10-40-22)8-17(15-3-6-18(50-28(32)33)19(9-15)48-16-4-5-16)21-11-41-27(52-21)29(47,30(34,35)36)31(37,38)39/h2-3,6-7,9-11,16-17,20,23-26,28,43,45-47H,4-5,8,12H2,1H3,(H,42,44)/t17?,20-,23-,24-,25-,26+/m1/s1. The molecular formula is C31H31F8N3O9S. The predicted molar refractivity (Wildman–Crippen MR) is 161 cm³/mol. The Morgan fingerprint density at radius 1 is 1.00 bits per heavy atom. The maximum Gasteiger partial charge on any atom is 0.433 e. The lowest BCUT2D eigenvalue weighted by atomic mass is 9.91. The molecule has 1 amide bonds. The van der Waals surface area contributed by atoms with Crippen molar-refractivity contribution in [1.82, 2.24) is 15.3 Å². The van der Waals surface area contributed by atoms with Crippen molar-refractivity contribution < 1.29 is 79.3 Å². The number of rotatable bonds is 13. The van der Waals surface area contributed by atoms with Gasteiger partial charge in [-0.05, 0) is 42.5 Å². The van der Waals surface area contributed by atoms with Gasteiger partial charge in [0.15, 0.2) is 11.5 Å². The van der Waals surface area contributed by atoms with Crippen molar-refractivity contribution in [1.29, 1.82) is 0 Å². The minimum atomic E-state index is -6.19. The molecule has 21 heteroatoms. The van der Waals surface area contributed by atoms with E-state index in [1.54, 1.807) is 0 Å². The second-order valence-corrected chi connectivity index (χ2v) is 13.1. The van der Waals surface area contributed by atoms with E-state index in [0.29, 0.717) is 18.4 Å². The molecule has 5 N–H and O–H groups in total. The third kappa shape index (κ3) is 8.49. The van der Waals surface area contributed by atoms with Crippen LogP contribution in [0.2, 0.25) is 0 Å². The van der Waals surface area contributed by atoms with Crippen LogP contribution in [0.25, 0.3) is 0 Å². The maximum atomic E-state index is 13.7.